The van der Waals surface area contributed by atoms with E-state index in [4.69, 9.17) is 10.5 Å². The van der Waals surface area contributed by atoms with E-state index in [0.717, 1.165) is 25.7 Å². The molecule has 98 valence electrons. The Hall–Kier alpha value is -0.610. The predicted molar refractivity (Wildman–Crippen MR) is 66.4 cm³/mol. The quantitative estimate of drug-likeness (QED) is 0.775. The van der Waals surface area contributed by atoms with Gasteiger partial charge in [0, 0.05) is 24.6 Å². The number of nitrogens with one attached hydrogen (secondary N) is 1. The van der Waals surface area contributed by atoms with Gasteiger partial charge in [0.15, 0.2) is 0 Å². The minimum absolute atomic E-state index is 0.0207. The number of amides is 1. The Balaban J connectivity index is 1.88. The molecule has 2 rings (SSSR count). The normalized spacial score (nSPS) is 39.8. The second kappa shape index (κ2) is 4.58. The number of carbonyl (C=O) groups is 1. The van der Waals surface area contributed by atoms with Crippen molar-refractivity contribution in [3.05, 3.63) is 0 Å². The largest absolute Gasteiger partial charge is 0.381 e. The summed E-state index contributed by atoms with van der Waals surface area (Å²) >= 11 is 0. The first-order valence-corrected chi connectivity index (χ1v) is 6.55. The van der Waals surface area contributed by atoms with Gasteiger partial charge in [-0.2, -0.15) is 0 Å². The van der Waals surface area contributed by atoms with Gasteiger partial charge >= 0.3 is 0 Å². The highest BCUT2D eigenvalue weighted by Crippen LogP contribution is 2.42. The molecule has 4 heteroatoms. The zero-order valence-corrected chi connectivity index (χ0v) is 11.0. The molecule has 0 heterocycles. The van der Waals surface area contributed by atoms with Crippen LogP contribution in [0.3, 0.4) is 0 Å². The summed E-state index contributed by atoms with van der Waals surface area (Å²) in [5.74, 6) is 0.162. The molecule has 0 radical (unpaired) electrons. The lowest BCUT2D eigenvalue weighted by Gasteiger charge is -2.51. The molecule has 0 saturated heterocycles. The smallest absolute Gasteiger partial charge is 0.224 e. The molecule has 0 aromatic heterocycles. The van der Waals surface area contributed by atoms with E-state index in [2.05, 4.69) is 19.2 Å². The van der Waals surface area contributed by atoms with Crippen molar-refractivity contribution in [2.24, 2.45) is 17.1 Å². The van der Waals surface area contributed by atoms with Crippen LogP contribution in [0.2, 0.25) is 0 Å². The summed E-state index contributed by atoms with van der Waals surface area (Å²) in [5.41, 5.74) is 5.99. The summed E-state index contributed by atoms with van der Waals surface area (Å²) < 4.78 is 5.38. The van der Waals surface area contributed by atoms with Gasteiger partial charge in [0.25, 0.3) is 0 Å². The third kappa shape index (κ3) is 2.20. The molecule has 0 spiro atoms. The van der Waals surface area contributed by atoms with E-state index in [1.807, 2.05) is 0 Å². The Bertz CT molecular complexity index is 304. The van der Waals surface area contributed by atoms with Crippen LogP contribution in [-0.4, -0.2) is 31.2 Å². The molecular weight excluding hydrogens is 216 g/mol. The van der Waals surface area contributed by atoms with E-state index < -0.39 is 0 Å². The highest BCUT2D eigenvalue weighted by atomic mass is 16.5. The standard InChI is InChI=1S/C13H24N2O2/c1-13(2)10(7-11(13)17-3)15-12(16)8-5-4-6-9(8)14/h8-11H,4-7,14H2,1-3H3,(H,15,16). The molecule has 0 bridgehead atoms. The van der Waals surface area contributed by atoms with E-state index in [-0.39, 0.29) is 35.4 Å². The summed E-state index contributed by atoms with van der Waals surface area (Å²) in [6, 6.07) is 0.282. The van der Waals surface area contributed by atoms with Gasteiger partial charge < -0.3 is 15.8 Å². The van der Waals surface area contributed by atoms with Crippen molar-refractivity contribution >= 4 is 5.91 Å². The van der Waals surface area contributed by atoms with E-state index in [1.165, 1.54) is 0 Å². The molecule has 3 N–H and O–H groups in total. The van der Waals surface area contributed by atoms with E-state index in [9.17, 15) is 4.79 Å². The summed E-state index contributed by atoms with van der Waals surface area (Å²) in [4.78, 5) is 12.1. The predicted octanol–water partition coefficient (Wildman–Crippen LogP) is 1.04. The van der Waals surface area contributed by atoms with Gasteiger partial charge in [-0.1, -0.05) is 20.3 Å². The maximum Gasteiger partial charge on any atom is 0.224 e. The fourth-order valence-electron chi connectivity index (χ4n) is 3.12. The molecule has 0 aliphatic heterocycles. The second-order valence-corrected chi connectivity index (χ2v) is 6.04. The minimum atomic E-state index is 0.0207. The average Bonchev–Trinajstić information content (AvgIpc) is 2.69. The van der Waals surface area contributed by atoms with Crippen molar-refractivity contribution in [1.29, 1.82) is 0 Å². The number of nitrogens with two attached hydrogens (primary N) is 1. The van der Waals surface area contributed by atoms with E-state index in [1.54, 1.807) is 7.11 Å². The van der Waals surface area contributed by atoms with Crippen LogP contribution in [0.25, 0.3) is 0 Å². The zero-order valence-electron chi connectivity index (χ0n) is 11.0. The second-order valence-electron chi connectivity index (χ2n) is 6.04. The third-order valence-corrected chi connectivity index (χ3v) is 4.68. The molecule has 4 unspecified atom stereocenters. The van der Waals surface area contributed by atoms with Crippen molar-refractivity contribution in [3.63, 3.8) is 0 Å². The molecule has 4 atom stereocenters. The first-order chi connectivity index (χ1) is 7.96. The van der Waals surface area contributed by atoms with Gasteiger partial charge in [-0.25, -0.2) is 0 Å². The zero-order chi connectivity index (χ0) is 12.6. The van der Waals surface area contributed by atoms with Crippen molar-refractivity contribution in [1.82, 2.24) is 5.32 Å². The molecule has 2 fully saturated rings. The topological polar surface area (TPSA) is 64.3 Å². The monoisotopic (exact) mass is 240 g/mol. The lowest BCUT2D eigenvalue weighted by Crippen LogP contribution is -2.62. The summed E-state index contributed by atoms with van der Waals surface area (Å²) in [7, 11) is 1.73. The first-order valence-electron chi connectivity index (χ1n) is 6.55. The van der Waals surface area contributed by atoms with E-state index in [0.29, 0.717) is 0 Å². The molecule has 2 aliphatic rings. The van der Waals surface area contributed by atoms with Gasteiger partial charge in [-0.05, 0) is 19.3 Å². The molecule has 2 aliphatic carbocycles. The number of hydrogen-bond acceptors (Lipinski definition) is 3. The molecule has 0 aromatic rings. The molecule has 17 heavy (non-hydrogen) atoms. The number of rotatable bonds is 3. The van der Waals surface area contributed by atoms with Crippen molar-refractivity contribution in [3.8, 4) is 0 Å². The summed E-state index contributed by atoms with van der Waals surface area (Å²) in [6.45, 7) is 4.29. The van der Waals surface area contributed by atoms with Gasteiger partial charge in [-0.15, -0.1) is 0 Å². The van der Waals surface area contributed by atoms with Crippen LogP contribution in [-0.2, 0) is 9.53 Å². The lowest BCUT2D eigenvalue weighted by atomic mass is 9.64. The average molecular weight is 240 g/mol. The molecule has 1 amide bonds. The summed E-state index contributed by atoms with van der Waals surface area (Å²) in [5, 5.41) is 3.14. The molecule has 2 saturated carbocycles. The van der Waals surface area contributed by atoms with Gasteiger partial charge in [-0.3, -0.25) is 4.79 Å². The van der Waals surface area contributed by atoms with Crippen LogP contribution in [0, 0.1) is 11.3 Å². The Morgan fingerprint density at radius 2 is 2.12 bits per heavy atom. The van der Waals surface area contributed by atoms with Gasteiger partial charge in [0.2, 0.25) is 5.91 Å². The highest BCUT2D eigenvalue weighted by molar-refractivity contribution is 5.80. The van der Waals surface area contributed by atoms with Crippen molar-refractivity contribution in [2.45, 2.75) is 57.7 Å². The Morgan fingerprint density at radius 1 is 1.41 bits per heavy atom. The maximum atomic E-state index is 12.1. The summed E-state index contributed by atoms with van der Waals surface area (Å²) in [6.07, 6.45) is 4.16. The first kappa shape index (κ1) is 12.8. The number of ether oxygens (including phenoxy) is 1. The molecule has 4 nitrogen and oxygen atoms in total. The molecule has 0 aromatic carbocycles. The highest BCUT2D eigenvalue weighted by Gasteiger charge is 2.49. The fraction of sp³-hybridized carbons (Fsp3) is 0.923. The minimum Gasteiger partial charge on any atom is -0.381 e. The maximum absolute atomic E-state index is 12.1. The number of carbonyl (C=O) groups excluding carboxylic acids is 1. The fourth-order valence-corrected chi connectivity index (χ4v) is 3.12. The van der Waals surface area contributed by atoms with Crippen molar-refractivity contribution in [2.75, 3.05) is 7.11 Å². The number of hydrogen-bond donors (Lipinski definition) is 2. The van der Waals surface area contributed by atoms with Crippen LogP contribution in [0.4, 0.5) is 0 Å². The van der Waals surface area contributed by atoms with Gasteiger partial charge in [0.05, 0.1) is 12.0 Å². The Kier molecular flexibility index (Phi) is 3.46. The number of methoxy groups -OCH3 is 1. The van der Waals surface area contributed by atoms with Crippen LogP contribution in [0.1, 0.15) is 39.5 Å². The van der Waals surface area contributed by atoms with Crippen molar-refractivity contribution < 1.29 is 9.53 Å². The van der Waals surface area contributed by atoms with Gasteiger partial charge in [0.1, 0.15) is 0 Å². The Morgan fingerprint density at radius 3 is 2.59 bits per heavy atom. The third-order valence-electron chi connectivity index (χ3n) is 4.68. The van der Waals surface area contributed by atoms with E-state index >= 15 is 0 Å². The van der Waals surface area contributed by atoms with Crippen LogP contribution in [0.5, 0.6) is 0 Å². The van der Waals surface area contributed by atoms with Crippen LogP contribution >= 0.6 is 0 Å². The van der Waals surface area contributed by atoms with Crippen LogP contribution in [0.15, 0.2) is 0 Å². The lowest BCUT2D eigenvalue weighted by molar-refractivity contribution is -0.136. The SMILES string of the molecule is COC1CC(NC(=O)C2CCCC2N)C1(C)C. The Labute approximate surface area is 103 Å². The van der Waals surface area contributed by atoms with Crippen LogP contribution < -0.4 is 11.1 Å². The molecular formula is C13H24N2O2.